The topological polar surface area (TPSA) is 59.0 Å². The number of benzene rings is 1. The maximum atomic E-state index is 12.0. The van der Waals surface area contributed by atoms with Gasteiger partial charge in [-0.15, -0.1) is 0 Å². The molecule has 5 nitrogen and oxygen atoms in total. The molecule has 0 radical (unpaired) electrons. The fourth-order valence-corrected chi connectivity index (χ4v) is 5.69. The van der Waals surface area contributed by atoms with Crippen LogP contribution in [0.1, 0.15) is 6.92 Å². The van der Waals surface area contributed by atoms with Gasteiger partial charge in [0.05, 0.1) is 30.7 Å². The van der Waals surface area contributed by atoms with E-state index >= 15 is 0 Å². The van der Waals surface area contributed by atoms with Crippen LogP contribution in [0.15, 0.2) is 41.4 Å². The van der Waals surface area contributed by atoms with Crippen LogP contribution in [0.2, 0.25) is 0 Å². The third kappa shape index (κ3) is 3.40. The van der Waals surface area contributed by atoms with Crippen LogP contribution in [0.4, 0.5) is 5.69 Å². The highest BCUT2D eigenvalue weighted by Crippen LogP contribution is 2.36. The van der Waals surface area contributed by atoms with Crippen LogP contribution in [0.25, 0.3) is 0 Å². The van der Waals surface area contributed by atoms with Gasteiger partial charge in [0.1, 0.15) is 5.75 Å². The second-order valence-corrected chi connectivity index (χ2v) is 9.04. The first-order valence-corrected chi connectivity index (χ1v) is 10.2. The zero-order valence-corrected chi connectivity index (χ0v) is 14.9. The van der Waals surface area contributed by atoms with Gasteiger partial charge in [-0.2, -0.15) is 0 Å². The van der Waals surface area contributed by atoms with E-state index in [0.29, 0.717) is 0 Å². The predicted molar refractivity (Wildman–Crippen MR) is 96.4 cm³/mol. The Morgan fingerprint density at radius 2 is 2.26 bits per heavy atom. The summed E-state index contributed by atoms with van der Waals surface area (Å²) in [4.78, 5) is 6.72. The summed E-state index contributed by atoms with van der Waals surface area (Å²) in [6, 6.07) is 7.36. The highest BCUT2D eigenvalue weighted by Gasteiger charge is 2.47. The lowest BCUT2D eigenvalue weighted by molar-refractivity contribution is 0.415. The number of hydrogen-bond donors (Lipinski definition) is 0. The van der Waals surface area contributed by atoms with Gasteiger partial charge in [0.25, 0.3) is 0 Å². The fraction of sp³-hybridized carbons (Fsp3) is 0.438. The Labute approximate surface area is 141 Å². The molecule has 0 aromatic heterocycles. The molecular formula is C16H20N2O3S2. The molecule has 0 N–H and O–H groups in total. The number of thioether (sulfide) groups is 1. The molecule has 7 heteroatoms. The Morgan fingerprint density at radius 1 is 1.48 bits per heavy atom. The van der Waals surface area contributed by atoms with Gasteiger partial charge >= 0.3 is 0 Å². The first-order chi connectivity index (χ1) is 10.9. The molecule has 2 heterocycles. The molecule has 23 heavy (non-hydrogen) atoms. The van der Waals surface area contributed by atoms with Crippen LogP contribution in [0.3, 0.4) is 0 Å². The van der Waals surface area contributed by atoms with Crippen molar-refractivity contribution in [3.63, 3.8) is 0 Å². The molecular weight excluding hydrogens is 332 g/mol. The van der Waals surface area contributed by atoms with E-state index in [0.717, 1.165) is 27.9 Å². The van der Waals surface area contributed by atoms with Crippen molar-refractivity contribution in [3.05, 3.63) is 36.4 Å². The van der Waals surface area contributed by atoms with E-state index in [4.69, 9.17) is 4.74 Å². The second kappa shape index (κ2) is 6.20. The Kier molecular flexibility index (Phi) is 4.42. The van der Waals surface area contributed by atoms with Gasteiger partial charge in [-0.25, -0.2) is 8.42 Å². The zero-order valence-electron chi connectivity index (χ0n) is 13.2. The summed E-state index contributed by atoms with van der Waals surface area (Å²) in [6.07, 6.45) is 0. The fourth-order valence-electron chi connectivity index (χ4n) is 2.88. The second-order valence-electron chi connectivity index (χ2n) is 5.94. The van der Waals surface area contributed by atoms with Gasteiger partial charge in [0.2, 0.25) is 0 Å². The van der Waals surface area contributed by atoms with E-state index in [9.17, 15) is 8.42 Å². The van der Waals surface area contributed by atoms with Crippen LogP contribution >= 0.6 is 11.8 Å². The molecule has 1 aromatic rings. The maximum Gasteiger partial charge on any atom is 0.164 e. The Hall–Kier alpha value is -1.47. The zero-order chi connectivity index (χ0) is 16.6. The first-order valence-electron chi connectivity index (χ1n) is 7.38. The average Bonchev–Trinajstić information content (AvgIpc) is 2.96. The van der Waals surface area contributed by atoms with Gasteiger partial charge in [-0.05, 0) is 19.1 Å². The summed E-state index contributed by atoms with van der Waals surface area (Å²) < 4.78 is 29.2. The average molecular weight is 352 g/mol. The Bertz CT molecular complexity index is 758. The van der Waals surface area contributed by atoms with Gasteiger partial charge in [-0.1, -0.05) is 30.0 Å². The molecule has 2 aliphatic rings. The first kappa shape index (κ1) is 16.4. The summed E-state index contributed by atoms with van der Waals surface area (Å²) in [7, 11) is -1.40. The van der Waals surface area contributed by atoms with E-state index in [1.165, 1.54) is 0 Å². The normalized spacial score (nSPS) is 25.1. The van der Waals surface area contributed by atoms with Crippen LogP contribution < -0.4 is 9.64 Å². The minimum absolute atomic E-state index is 0.125. The van der Waals surface area contributed by atoms with Gasteiger partial charge in [-0.3, -0.25) is 4.99 Å². The summed E-state index contributed by atoms with van der Waals surface area (Å²) in [5.41, 5.74) is 1.98. The standard InChI is InChI=1S/C16H20N2O3S2/c1-11(2)8-22-16-17-14-9-23(19,20)10-15(14)18(16)12-5-4-6-13(7-12)21-3/h4-7,14-15H,1,8-10H2,2-3H3/t14-,15+/m1/s1. The van der Waals surface area contributed by atoms with Crippen molar-refractivity contribution in [3.8, 4) is 5.75 Å². The number of hydrogen-bond acceptors (Lipinski definition) is 6. The number of amidine groups is 1. The highest BCUT2D eigenvalue weighted by molar-refractivity contribution is 8.14. The lowest BCUT2D eigenvalue weighted by Crippen LogP contribution is -2.39. The number of nitrogens with zero attached hydrogens (tertiary/aromatic N) is 2. The van der Waals surface area contributed by atoms with Crippen LogP contribution in [0, 0.1) is 0 Å². The molecule has 0 amide bonds. The number of anilines is 1. The van der Waals surface area contributed by atoms with Crippen molar-refractivity contribution >= 4 is 32.5 Å². The van der Waals surface area contributed by atoms with E-state index in [-0.39, 0.29) is 23.6 Å². The monoisotopic (exact) mass is 352 g/mol. The Balaban J connectivity index is 1.95. The number of rotatable bonds is 4. The highest BCUT2D eigenvalue weighted by atomic mass is 32.2. The van der Waals surface area contributed by atoms with Crippen molar-refractivity contribution in [2.24, 2.45) is 4.99 Å². The molecule has 0 saturated carbocycles. The van der Waals surface area contributed by atoms with Gasteiger partial charge in [0.15, 0.2) is 15.0 Å². The molecule has 2 aliphatic heterocycles. The van der Waals surface area contributed by atoms with E-state index in [1.54, 1.807) is 18.9 Å². The smallest absolute Gasteiger partial charge is 0.164 e. The molecule has 0 aliphatic carbocycles. The van der Waals surface area contributed by atoms with Crippen molar-refractivity contribution < 1.29 is 13.2 Å². The van der Waals surface area contributed by atoms with E-state index in [2.05, 4.69) is 11.6 Å². The Morgan fingerprint density at radius 3 is 2.96 bits per heavy atom. The van der Waals surface area contributed by atoms with Crippen molar-refractivity contribution in [1.82, 2.24) is 0 Å². The van der Waals surface area contributed by atoms with E-state index < -0.39 is 9.84 Å². The third-order valence-electron chi connectivity index (χ3n) is 3.89. The number of aliphatic imine (C=N–C) groups is 1. The minimum Gasteiger partial charge on any atom is -0.497 e. The summed E-state index contributed by atoms with van der Waals surface area (Å²) >= 11 is 1.61. The molecule has 124 valence electrons. The van der Waals surface area contributed by atoms with Crippen LogP contribution in [-0.4, -0.2) is 50.0 Å². The van der Waals surface area contributed by atoms with Crippen LogP contribution in [-0.2, 0) is 9.84 Å². The lowest BCUT2D eigenvalue weighted by atomic mass is 10.1. The minimum atomic E-state index is -3.02. The van der Waals surface area contributed by atoms with Crippen LogP contribution in [0.5, 0.6) is 5.75 Å². The number of fused-ring (bicyclic) bond motifs is 1. The largest absolute Gasteiger partial charge is 0.497 e. The third-order valence-corrected chi connectivity index (χ3v) is 6.78. The van der Waals surface area contributed by atoms with Gasteiger partial charge in [0, 0.05) is 17.5 Å². The summed E-state index contributed by atoms with van der Waals surface area (Å²) in [5, 5.41) is 0.867. The molecule has 1 aromatic carbocycles. The molecule has 2 atom stereocenters. The molecule has 1 fully saturated rings. The predicted octanol–water partition coefficient (Wildman–Crippen LogP) is 2.35. The molecule has 0 bridgehead atoms. The SMILES string of the molecule is C=C(C)CSC1=N[C@@H]2CS(=O)(=O)C[C@@H]2N1c1cccc(OC)c1. The molecule has 0 spiro atoms. The molecule has 0 unspecified atom stereocenters. The number of sulfone groups is 1. The van der Waals surface area contributed by atoms with E-state index in [1.807, 2.05) is 36.1 Å². The van der Waals surface area contributed by atoms with Gasteiger partial charge < -0.3 is 9.64 Å². The molecule has 3 rings (SSSR count). The maximum absolute atomic E-state index is 12.0. The number of methoxy groups -OCH3 is 1. The molecule has 1 saturated heterocycles. The lowest BCUT2D eigenvalue weighted by Gasteiger charge is -2.26. The van der Waals surface area contributed by atoms with Crippen molar-refractivity contribution in [2.75, 3.05) is 29.3 Å². The number of ether oxygens (including phenoxy) is 1. The quantitative estimate of drug-likeness (QED) is 0.779. The van der Waals surface area contributed by atoms with Crippen molar-refractivity contribution in [1.29, 1.82) is 0 Å². The summed E-state index contributed by atoms with van der Waals surface area (Å²) in [5.74, 6) is 1.80. The van der Waals surface area contributed by atoms with Crippen molar-refractivity contribution in [2.45, 2.75) is 19.0 Å². The summed E-state index contributed by atoms with van der Waals surface area (Å²) in [6.45, 7) is 5.90.